The minimum atomic E-state index is -4.82. The Bertz CT molecular complexity index is 2030. The minimum absolute atomic E-state index is 0.0182. The molecule has 0 spiro atoms. The number of hydrogen-bond acceptors (Lipinski definition) is 9. The van der Waals surface area contributed by atoms with Gasteiger partial charge in [-0.05, 0) is 63.6 Å². The van der Waals surface area contributed by atoms with Gasteiger partial charge in [0.25, 0.3) is 0 Å². The molecule has 1 fully saturated rings. The van der Waals surface area contributed by atoms with Gasteiger partial charge < -0.3 is 19.7 Å². The van der Waals surface area contributed by atoms with Crippen molar-refractivity contribution < 1.29 is 44.6 Å². The molecule has 2 aromatic carbocycles. The van der Waals surface area contributed by atoms with Crippen molar-refractivity contribution in [3.63, 3.8) is 0 Å². The molecule has 4 aromatic rings. The van der Waals surface area contributed by atoms with Gasteiger partial charge in [-0.1, -0.05) is 12.1 Å². The highest BCUT2D eigenvalue weighted by atomic mass is 32.2. The van der Waals surface area contributed by atoms with Crippen LogP contribution < -0.4 is 14.8 Å². The van der Waals surface area contributed by atoms with Crippen molar-refractivity contribution in [3.05, 3.63) is 66.2 Å². The molecule has 1 amide bonds. The van der Waals surface area contributed by atoms with Gasteiger partial charge in [-0.25, -0.2) is 28.5 Å². The van der Waals surface area contributed by atoms with Crippen LogP contribution in [0.4, 0.5) is 38.4 Å². The Morgan fingerprint density at radius 3 is 2.47 bits per heavy atom. The SMILES string of the molecule is Cc1ccc2c(NS(=O)(=O)N(C)CC(F)(F)F)c(F)ccc2c1Oc1ncccc1-c1ccnc(N[C@@H]2C[C@@H](F)CN(C(=O)OC(C)(C)C)C2)n1. The molecule has 0 bridgehead atoms. The second kappa shape index (κ2) is 14.4. The van der Waals surface area contributed by atoms with E-state index in [0.29, 0.717) is 16.8 Å². The first-order chi connectivity index (χ1) is 23.8. The monoisotopic (exact) mass is 737 g/mol. The normalized spacial score (nSPS) is 17.0. The Labute approximate surface area is 291 Å². The highest BCUT2D eigenvalue weighted by molar-refractivity contribution is 7.90. The van der Waals surface area contributed by atoms with Crippen molar-refractivity contribution in [2.24, 2.45) is 0 Å². The van der Waals surface area contributed by atoms with Gasteiger partial charge in [-0.2, -0.15) is 25.9 Å². The zero-order valence-electron chi connectivity index (χ0n) is 28.3. The van der Waals surface area contributed by atoms with Crippen LogP contribution in [0.3, 0.4) is 0 Å². The smallest absolute Gasteiger partial charge is 0.410 e. The second-order valence-corrected chi connectivity index (χ2v) is 14.8. The van der Waals surface area contributed by atoms with Gasteiger partial charge in [-0.15, -0.1) is 0 Å². The Balaban J connectivity index is 1.42. The Hall–Kier alpha value is -4.84. The molecule has 0 saturated carbocycles. The molecule has 1 aliphatic heterocycles. The second-order valence-electron chi connectivity index (χ2n) is 13.0. The number of aromatic nitrogens is 3. The first-order valence-electron chi connectivity index (χ1n) is 15.7. The molecule has 51 heavy (non-hydrogen) atoms. The lowest BCUT2D eigenvalue weighted by Gasteiger charge is -2.36. The number of piperidine rings is 1. The third-order valence-corrected chi connectivity index (χ3v) is 9.04. The molecule has 0 unspecified atom stereocenters. The maximum absolute atomic E-state index is 15.1. The quantitative estimate of drug-likeness (QED) is 0.177. The van der Waals surface area contributed by atoms with Gasteiger partial charge in [0.2, 0.25) is 11.8 Å². The van der Waals surface area contributed by atoms with E-state index in [0.717, 1.165) is 13.1 Å². The summed E-state index contributed by atoms with van der Waals surface area (Å²) in [4.78, 5) is 27.1. The first-order valence-corrected chi connectivity index (χ1v) is 17.1. The van der Waals surface area contributed by atoms with Crippen LogP contribution in [0, 0.1) is 12.7 Å². The number of rotatable bonds is 9. The fourth-order valence-corrected chi connectivity index (χ4v) is 6.32. The summed E-state index contributed by atoms with van der Waals surface area (Å²) < 4.78 is 108. The molecule has 3 heterocycles. The van der Waals surface area contributed by atoms with Crippen molar-refractivity contribution in [1.82, 2.24) is 24.2 Å². The topological polar surface area (TPSA) is 139 Å². The number of amides is 1. The van der Waals surface area contributed by atoms with E-state index in [1.807, 2.05) is 4.72 Å². The van der Waals surface area contributed by atoms with Crippen LogP contribution >= 0.6 is 0 Å². The van der Waals surface area contributed by atoms with E-state index in [2.05, 4.69) is 20.3 Å². The van der Waals surface area contributed by atoms with Gasteiger partial charge in [0.1, 0.15) is 29.9 Å². The molecule has 1 saturated heterocycles. The number of likely N-dealkylation sites (tertiary alicyclic amines) is 1. The van der Waals surface area contributed by atoms with Crippen molar-refractivity contribution in [2.45, 2.75) is 58.1 Å². The van der Waals surface area contributed by atoms with Crippen LogP contribution in [0.25, 0.3) is 22.0 Å². The van der Waals surface area contributed by atoms with Gasteiger partial charge in [0.15, 0.2) is 0 Å². The minimum Gasteiger partial charge on any atom is -0.444 e. The molecular weight excluding hydrogens is 701 g/mol. The van der Waals surface area contributed by atoms with Crippen LogP contribution in [-0.4, -0.2) is 89.3 Å². The molecule has 0 aliphatic carbocycles. The van der Waals surface area contributed by atoms with Crippen LogP contribution in [0.1, 0.15) is 32.8 Å². The third-order valence-electron chi connectivity index (χ3n) is 7.63. The van der Waals surface area contributed by atoms with Crippen molar-refractivity contribution in [1.29, 1.82) is 0 Å². The summed E-state index contributed by atoms with van der Waals surface area (Å²) in [5, 5.41) is 3.35. The molecular formula is C33H36F5N7O5S. The number of pyridine rings is 1. The van der Waals surface area contributed by atoms with Crippen molar-refractivity contribution in [2.75, 3.05) is 36.7 Å². The molecule has 18 heteroatoms. The summed E-state index contributed by atoms with van der Waals surface area (Å²) in [6.07, 6.45) is -3.72. The Morgan fingerprint density at radius 1 is 1.04 bits per heavy atom. The number of halogens is 5. The standard InChI is InChI=1S/C33H36F5N7O5S/c1-19-8-9-22-23(10-11-25(35)27(22)43-51(47,48)44(5)18-33(36,37)38)28(19)49-29-24(7-6-13-39-29)26-12-14-40-30(42-26)41-21-15-20(34)16-45(17-21)31(46)50-32(2,3)4/h6-14,20-21,43H,15-18H2,1-5H3,(H,40,41,42)/t20-,21-/m1/s1. The fourth-order valence-electron chi connectivity index (χ4n) is 5.39. The van der Waals surface area contributed by atoms with Gasteiger partial charge >= 0.3 is 22.5 Å². The fraction of sp³-hybridized carbons (Fsp3) is 0.394. The zero-order chi connectivity index (χ0) is 37.3. The number of fused-ring (bicyclic) bond motifs is 1. The van der Waals surface area contributed by atoms with Crippen LogP contribution in [0.2, 0.25) is 0 Å². The lowest BCUT2D eigenvalue weighted by Crippen LogP contribution is -2.51. The summed E-state index contributed by atoms with van der Waals surface area (Å²) in [6, 6.07) is 9.65. The average Bonchev–Trinajstić information content (AvgIpc) is 3.02. The number of hydrogen-bond donors (Lipinski definition) is 2. The molecule has 5 rings (SSSR count). The van der Waals surface area contributed by atoms with E-state index in [4.69, 9.17) is 9.47 Å². The van der Waals surface area contributed by atoms with E-state index in [-0.39, 0.29) is 52.2 Å². The molecule has 2 N–H and O–H groups in total. The number of ether oxygens (including phenoxy) is 2. The molecule has 274 valence electrons. The Kier molecular flexibility index (Phi) is 10.6. The lowest BCUT2D eigenvalue weighted by atomic mass is 10.0. The highest BCUT2D eigenvalue weighted by Gasteiger charge is 2.35. The molecule has 2 atom stereocenters. The number of nitrogens with zero attached hydrogens (tertiary/aromatic N) is 5. The van der Waals surface area contributed by atoms with E-state index < -0.39 is 58.3 Å². The molecule has 12 nitrogen and oxygen atoms in total. The first kappa shape index (κ1) is 37.4. The third kappa shape index (κ3) is 9.29. The van der Waals surface area contributed by atoms with E-state index in [1.54, 1.807) is 45.9 Å². The highest BCUT2D eigenvalue weighted by Crippen LogP contribution is 2.40. The maximum atomic E-state index is 15.1. The van der Waals surface area contributed by atoms with Gasteiger partial charge in [0, 0.05) is 49.2 Å². The van der Waals surface area contributed by atoms with Gasteiger partial charge in [-0.3, -0.25) is 4.72 Å². The molecule has 2 aromatic heterocycles. The lowest BCUT2D eigenvalue weighted by molar-refractivity contribution is -0.134. The number of carbonyl (C=O) groups is 1. The maximum Gasteiger partial charge on any atom is 0.410 e. The van der Waals surface area contributed by atoms with Crippen LogP contribution in [0.5, 0.6) is 11.6 Å². The van der Waals surface area contributed by atoms with Crippen molar-refractivity contribution in [3.8, 4) is 22.9 Å². The van der Waals surface area contributed by atoms with E-state index in [9.17, 15) is 30.8 Å². The number of anilines is 2. The Morgan fingerprint density at radius 2 is 1.76 bits per heavy atom. The summed E-state index contributed by atoms with van der Waals surface area (Å²) in [5.41, 5.74) is -0.00800. The zero-order valence-corrected chi connectivity index (χ0v) is 29.1. The van der Waals surface area contributed by atoms with Crippen LogP contribution in [0.15, 0.2) is 54.9 Å². The predicted octanol–water partition coefficient (Wildman–Crippen LogP) is 6.84. The molecule has 0 radical (unpaired) electrons. The number of benzene rings is 2. The number of aryl methyl sites for hydroxylation is 1. The van der Waals surface area contributed by atoms with E-state index >= 15 is 4.39 Å². The molecule has 1 aliphatic rings. The van der Waals surface area contributed by atoms with E-state index in [1.165, 1.54) is 35.5 Å². The summed E-state index contributed by atoms with van der Waals surface area (Å²) in [5.74, 6) is -0.643. The summed E-state index contributed by atoms with van der Waals surface area (Å²) in [6.45, 7) is 5.13. The van der Waals surface area contributed by atoms with Crippen LogP contribution in [-0.2, 0) is 14.9 Å². The number of carbonyl (C=O) groups excluding carboxylic acids is 1. The van der Waals surface area contributed by atoms with Gasteiger partial charge in [0.05, 0.1) is 23.5 Å². The van der Waals surface area contributed by atoms with Crippen molar-refractivity contribution >= 4 is 38.7 Å². The predicted molar refractivity (Wildman–Crippen MR) is 180 cm³/mol. The average molecular weight is 738 g/mol. The summed E-state index contributed by atoms with van der Waals surface area (Å²) >= 11 is 0. The number of nitrogens with one attached hydrogen (secondary N) is 2. The summed E-state index contributed by atoms with van der Waals surface area (Å²) in [7, 11) is -4.09. The largest absolute Gasteiger partial charge is 0.444 e. The number of alkyl halides is 4.